The van der Waals surface area contributed by atoms with Crippen molar-refractivity contribution in [2.45, 2.75) is 48.3 Å². The van der Waals surface area contributed by atoms with Crippen molar-refractivity contribution in [3.63, 3.8) is 0 Å². The lowest BCUT2D eigenvalue weighted by Crippen LogP contribution is -2.58. The van der Waals surface area contributed by atoms with Gasteiger partial charge in [-0.25, -0.2) is 8.42 Å². The monoisotopic (exact) mass is 388 g/mol. The number of rotatable bonds is 6. The van der Waals surface area contributed by atoms with Gasteiger partial charge in [-0.2, -0.15) is 8.78 Å². The lowest BCUT2D eigenvalue weighted by atomic mass is 9.79. The molecule has 0 amide bonds. The highest BCUT2D eigenvalue weighted by Gasteiger charge is 2.39. The largest absolute Gasteiger partial charge is 0.382 e. The Balaban J connectivity index is 1.82. The van der Waals surface area contributed by atoms with Crippen molar-refractivity contribution in [3.05, 3.63) is 24.3 Å². The van der Waals surface area contributed by atoms with Gasteiger partial charge in [-0.1, -0.05) is 31.4 Å². The molecule has 1 aliphatic heterocycles. The van der Waals surface area contributed by atoms with Gasteiger partial charge in [-0.15, -0.1) is 0 Å². The van der Waals surface area contributed by atoms with Gasteiger partial charge in [0.1, 0.15) is 0 Å². The van der Waals surface area contributed by atoms with Crippen LogP contribution in [0.1, 0.15) is 32.1 Å². The Hall–Kier alpha value is -1.25. The minimum Gasteiger partial charge on any atom is -0.382 e. The number of benzene rings is 1. The van der Waals surface area contributed by atoms with Crippen LogP contribution in [0.25, 0.3) is 0 Å². The first kappa shape index (κ1) is 19.5. The van der Waals surface area contributed by atoms with Crippen molar-refractivity contribution >= 4 is 15.5 Å². The SMILES string of the molecule is O=S(=O)(c1ccccc1NCC1(N2CCOCC2)CCCCC1)C(F)F. The molecule has 0 spiro atoms. The van der Waals surface area contributed by atoms with Crippen molar-refractivity contribution in [1.29, 1.82) is 0 Å². The molecule has 0 unspecified atom stereocenters. The molecule has 0 bridgehead atoms. The first-order valence-electron chi connectivity index (χ1n) is 9.13. The summed E-state index contributed by atoms with van der Waals surface area (Å²) < 4.78 is 55.4. The van der Waals surface area contributed by atoms with E-state index in [0.717, 1.165) is 38.8 Å². The van der Waals surface area contributed by atoms with Crippen molar-refractivity contribution in [2.75, 3.05) is 38.2 Å². The zero-order valence-corrected chi connectivity index (χ0v) is 15.6. The maximum Gasteiger partial charge on any atom is 0.341 e. The van der Waals surface area contributed by atoms with Crippen molar-refractivity contribution < 1.29 is 21.9 Å². The highest BCUT2D eigenvalue weighted by atomic mass is 32.2. The zero-order valence-electron chi connectivity index (χ0n) is 14.8. The van der Waals surface area contributed by atoms with Gasteiger partial charge in [0.2, 0.25) is 9.84 Å². The third kappa shape index (κ3) is 4.02. The molecule has 1 aromatic carbocycles. The second-order valence-corrected chi connectivity index (χ2v) is 8.93. The van der Waals surface area contributed by atoms with Gasteiger partial charge < -0.3 is 10.1 Å². The van der Waals surface area contributed by atoms with E-state index in [9.17, 15) is 17.2 Å². The number of halogens is 2. The van der Waals surface area contributed by atoms with Crippen LogP contribution in [0.3, 0.4) is 0 Å². The first-order valence-corrected chi connectivity index (χ1v) is 10.7. The number of ether oxygens (including phenoxy) is 1. The Labute approximate surface area is 153 Å². The number of morpholine rings is 1. The van der Waals surface area contributed by atoms with E-state index in [-0.39, 0.29) is 16.1 Å². The molecule has 0 atom stereocenters. The van der Waals surface area contributed by atoms with E-state index < -0.39 is 15.6 Å². The topological polar surface area (TPSA) is 58.6 Å². The molecule has 1 aliphatic carbocycles. The lowest BCUT2D eigenvalue weighted by molar-refractivity contribution is -0.0318. The smallest absolute Gasteiger partial charge is 0.341 e. The molecule has 8 heteroatoms. The van der Waals surface area contributed by atoms with Gasteiger partial charge in [0.25, 0.3) is 0 Å². The molecular weight excluding hydrogens is 362 g/mol. The molecule has 2 fully saturated rings. The van der Waals surface area contributed by atoms with Crippen molar-refractivity contribution in [1.82, 2.24) is 4.90 Å². The molecule has 0 aromatic heterocycles. The molecule has 1 saturated carbocycles. The third-order valence-corrected chi connectivity index (χ3v) is 6.94. The van der Waals surface area contributed by atoms with Gasteiger partial charge in [0.05, 0.1) is 23.8 Å². The Morgan fingerprint density at radius 3 is 2.42 bits per heavy atom. The van der Waals surface area contributed by atoms with Gasteiger partial charge in [0, 0.05) is 25.2 Å². The molecule has 1 N–H and O–H groups in total. The number of anilines is 1. The Morgan fingerprint density at radius 1 is 1.12 bits per heavy atom. The summed E-state index contributed by atoms with van der Waals surface area (Å²) in [6.45, 7) is 3.62. The summed E-state index contributed by atoms with van der Waals surface area (Å²) in [6, 6.07) is 5.94. The van der Waals surface area contributed by atoms with Crippen LogP contribution in [-0.4, -0.2) is 57.5 Å². The highest BCUT2D eigenvalue weighted by molar-refractivity contribution is 7.91. The number of sulfone groups is 1. The van der Waals surface area contributed by atoms with Gasteiger partial charge >= 0.3 is 5.76 Å². The maximum atomic E-state index is 13.0. The molecular formula is C18H26F2N2O3S. The van der Waals surface area contributed by atoms with Crippen molar-refractivity contribution in [3.8, 4) is 0 Å². The van der Waals surface area contributed by atoms with E-state index in [0.29, 0.717) is 19.8 Å². The molecule has 1 heterocycles. The molecule has 26 heavy (non-hydrogen) atoms. The molecule has 3 rings (SSSR count). The second kappa shape index (κ2) is 8.19. The summed E-state index contributed by atoms with van der Waals surface area (Å²) in [5.74, 6) is -3.42. The quantitative estimate of drug-likeness (QED) is 0.811. The van der Waals surface area contributed by atoms with Gasteiger partial charge in [-0.05, 0) is 25.0 Å². The van der Waals surface area contributed by atoms with E-state index in [4.69, 9.17) is 4.74 Å². The summed E-state index contributed by atoms with van der Waals surface area (Å²) >= 11 is 0. The summed E-state index contributed by atoms with van der Waals surface area (Å²) in [7, 11) is -4.63. The van der Waals surface area contributed by atoms with E-state index in [2.05, 4.69) is 10.2 Å². The average molecular weight is 388 g/mol. The van der Waals surface area contributed by atoms with Crippen LogP contribution in [0.15, 0.2) is 29.2 Å². The van der Waals surface area contributed by atoms with Crippen LogP contribution < -0.4 is 5.32 Å². The maximum absolute atomic E-state index is 13.0. The predicted octanol–water partition coefficient (Wildman–Crippen LogP) is 3.13. The fourth-order valence-electron chi connectivity index (χ4n) is 4.07. The van der Waals surface area contributed by atoms with Crippen LogP contribution in [0.2, 0.25) is 0 Å². The third-order valence-electron chi connectivity index (χ3n) is 5.50. The normalized spacial score (nSPS) is 21.7. The number of nitrogens with one attached hydrogen (secondary N) is 1. The van der Waals surface area contributed by atoms with Gasteiger partial charge in [-0.3, -0.25) is 4.90 Å². The van der Waals surface area contributed by atoms with Crippen LogP contribution in [0.4, 0.5) is 14.5 Å². The van der Waals surface area contributed by atoms with Crippen LogP contribution in [-0.2, 0) is 14.6 Å². The number of nitrogens with zero attached hydrogens (tertiary/aromatic N) is 1. The Kier molecular flexibility index (Phi) is 6.14. The molecule has 0 radical (unpaired) electrons. The molecule has 146 valence electrons. The summed E-state index contributed by atoms with van der Waals surface area (Å²) in [6.07, 6.45) is 5.47. The molecule has 1 aromatic rings. The standard InChI is InChI=1S/C18H26F2N2O3S/c19-17(20)26(23,24)16-7-3-2-6-15(16)21-14-18(8-4-1-5-9-18)22-10-12-25-13-11-22/h2-3,6-7,17,21H,1,4-5,8-14H2. The minimum atomic E-state index is -4.63. The van der Waals surface area contributed by atoms with Gasteiger partial charge in [0.15, 0.2) is 0 Å². The number of alkyl halides is 2. The van der Waals surface area contributed by atoms with Crippen LogP contribution in [0.5, 0.6) is 0 Å². The fourth-order valence-corrected chi connectivity index (χ4v) is 4.98. The molecule has 1 saturated heterocycles. The van der Waals surface area contributed by atoms with E-state index >= 15 is 0 Å². The lowest BCUT2D eigenvalue weighted by Gasteiger charge is -2.48. The number of hydrogen-bond donors (Lipinski definition) is 1. The van der Waals surface area contributed by atoms with Crippen LogP contribution in [0, 0.1) is 0 Å². The van der Waals surface area contributed by atoms with E-state index in [1.54, 1.807) is 12.1 Å². The molecule has 5 nitrogen and oxygen atoms in total. The summed E-state index contributed by atoms with van der Waals surface area (Å²) in [4.78, 5) is 2.09. The number of hydrogen-bond acceptors (Lipinski definition) is 5. The second-order valence-electron chi connectivity index (χ2n) is 7.04. The van der Waals surface area contributed by atoms with Crippen LogP contribution >= 0.6 is 0 Å². The first-order chi connectivity index (χ1) is 12.5. The van der Waals surface area contributed by atoms with E-state index in [1.165, 1.54) is 18.6 Å². The Bertz CT molecular complexity index is 700. The minimum absolute atomic E-state index is 0.0796. The summed E-state index contributed by atoms with van der Waals surface area (Å²) in [5, 5.41) is 3.19. The number of para-hydroxylation sites is 1. The molecule has 2 aliphatic rings. The fraction of sp³-hybridized carbons (Fsp3) is 0.667. The predicted molar refractivity (Wildman–Crippen MR) is 96.3 cm³/mol. The van der Waals surface area contributed by atoms with Crippen molar-refractivity contribution in [2.24, 2.45) is 0 Å². The van der Waals surface area contributed by atoms with E-state index in [1.807, 2.05) is 0 Å². The highest BCUT2D eigenvalue weighted by Crippen LogP contribution is 2.35. The Morgan fingerprint density at radius 2 is 1.77 bits per heavy atom. The average Bonchev–Trinajstić information content (AvgIpc) is 2.68. The zero-order chi connectivity index (χ0) is 18.6. The summed E-state index contributed by atoms with van der Waals surface area (Å²) in [5.41, 5.74) is 0.176.